The van der Waals surface area contributed by atoms with Gasteiger partial charge in [0.15, 0.2) is 0 Å². The molecule has 0 radical (unpaired) electrons. The van der Waals surface area contributed by atoms with Crippen molar-refractivity contribution in [3.8, 4) is 0 Å². The predicted molar refractivity (Wildman–Crippen MR) is 115 cm³/mol. The number of hydrogen-bond acceptors (Lipinski definition) is 3. The molecule has 6 heteroatoms. The van der Waals surface area contributed by atoms with Crippen LogP contribution in [0, 0.1) is 5.92 Å². The maximum Gasteiger partial charge on any atom is 0.251 e. The molecule has 0 unspecified atom stereocenters. The van der Waals surface area contributed by atoms with Gasteiger partial charge in [-0.1, -0.05) is 44.2 Å². The maximum atomic E-state index is 13.0. The van der Waals surface area contributed by atoms with Gasteiger partial charge in [0.05, 0.1) is 10.9 Å². The molecule has 1 aliphatic rings. The number of piperidine rings is 1. The molecule has 5 nitrogen and oxygen atoms in total. The summed E-state index contributed by atoms with van der Waals surface area (Å²) < 4.78 is 27.5. The molecule has 0 saturated carbocycles. The molecule has 2 aromatic rings. The highest BCUT2D eigenvalue weighted by atomic mass is 32.2. The van der Waals surface area contributed by atoms with Crippen molar-refractivity contribution < 1.29 is 13.2 Å². The van der Waals surface area contributed by atoms with Crippen molar-refractivity contribution in [2.24, 2.45) is 5.92 Å². The second-order valence-corrected chi connectivity index (χ2v) is 9.84. The lowest BCUT2D eigenvalue weighted by Gasteiger charge is -2.29. The first-order valence-electron chi connectivity index (χ1n) is 10.3. The third kappa shape index (κ3) is 5.06. The highest BCUT2D eigenvalue weighted by Crippen LogP contribution is 2.24. The molecule has 1 aliphatic heterocycles. The summed E-state index contributed by atoms with van der Waals surface area (Å²) in [6.45, 7) is 7.24. The molecule has 0 aliphatic carbocycles. The molecule has 1 N–H and O–H groups in total. The molecule has 0 bridgehead atoms. The van der Waals surface area contributed by atoms with Crippen LogP contribution in [-0.2, 0) is 16.4 Å². The van der Waals surface area contributed by atoms with Gasteiger partial charge in [0, 0.05) is 18.7 Å². The van der Waals surface area contributed by atoms with Crippen LogP contribution in [0.15, 0.2) is 53.4 Å². The van der Waals surface area contributed by atoms with E-state index in [0.717, 1.165) is 24.8 Å². The second kappa shape index (κ2) is 9.09. The van der Waals surface area contributed by atoms with E-state index in [2.05, 4.69) is 31.3 Å². The van der Waals surface area contributed by atoms with Gasteiger partial charge in [-0.2, -0.15) is 4.31 Å². The quantitative estimate of drug-likeness (QED) is 0.772. The van der Waals surface area contributed by atoms with E-state index in [4.69, 9.17) is 0 Å². The van der Waals surface area contributed by atoms with Gasteiger partial charge in [0.25, 0.3) is 5.91 Å². The lowest BCUT2D eigenvalue weighted by atomic mass is 10.0. The topological polar surface area (TPSA) is 66.5 Å². The summed E-state index contributed by atoms with van der Waals surface area (Å²) in [5.41, 5.74) is 2.62. The molecule has 1 amide bonds. The average Bonchev–Trinajstić information content (AvgIpc) is 2.74. The van der Waals surface area contributed by atoms with E-state index in [-0.39, 0.29) is 16.8 Å². The number of nitrogens with zero attached hydrogens (tertiary/aromatic N) is 1. The Morgan fingerprint density at radius 2 is 1.79 bits per heavy atom. The van der Waals surface area contributed by atoms with E-state index in [1.54, 1.807) is 18.2 Å². The van der Waals surface area contributed by atoms with Gasteiger partial charge in [-0.25, -0.2) is 8.42 Å². The Balaban J connectivity index is 1.73. The van der Waals surface area contributed by atoms with E-state index in [0.29, 0.717) is 24.6 Å². The Labute approximate surface area is 174 Å². The SMILES string of the molecule is CCc1ccc([C@@H](C)NC(=O)c2cccc(S(=O)(=O)N3CCC(C)CC3)c2)cc1. The smallest absolute Gasteiger partial charge is 0.251 e. The normalized spacial score (nSPS) is 17.1. The minimum Gasteiger partial charge on any atom is -0.346 e. The Morgan fingerprint density at radius 1 is 1.14 bits per heavy atom. The Hall–Kier alpha value is -2.18. The van der Waals surface area contributed by atoms with Gasteiger partial charge in [-0.05, 0) is 61.4 Å². The zero-order valence-electron chi connectivity index (χ0n) is 17.4. The number of nitrogens with one attached hydrogen (secondary N) is 1. The number of carbonyl (C=O) groups is 1. The van der Waals surface area contributed by atoms with E-state index >= 15 is 0 Å². The van der Waals surface area contributed by atoms with Gasteiger partial charge in [-0.15, -0.1) is 0 Å². The fraction of sp³-hybridized carbons (Fsp3) is 0.435. The molecule has 1 saturated heterocycles. The molecule has 2 aromatic carbocycles. The van der Waals surface area contributed by atoms with Gasteiger partial charge in [0.2, 0.25) is 10.0 Å². The second-order valence-electron chi connectivity index (χ2n) is 7.90. The molecule has 3 rings (SSSR count). The lowest BCUT2D eigenvalue weighted by molar-refractivity contribution is 0.0939. The molecule has 29 heavy (non-hydrogen) atoms. The van der Waals surface area contributed by atoms with Crippen LogP contribution in [0.3, 0.4) is 0 Å². The van der Waals surface area contributed by atoms with E-state index in [1.807, 2.05) is 19.1 Å². The molecule has 1 heterocycles. The fourth-order valence-electron chi connectivity index (χ4n) is 3.58. The molecule has 1 fully saturated rings. The number of sulfonamides is 1. The number of carbonyl (C=O) groups excluding carboxylic acids is 1. The number of hydrogen-bond donors (Lipinski definition) is 1. The average molecular weight is 415 g/mol. The summed E-state index contributed by atoms with van der Waals surface area (Å²) in [7, 11) is -3.58. The first-order valence-corrected chi connectivity index (χ1v) is 11.7. The summed E-state index contributed by atoms with van der Waals surface area (Å²) in [5.74, 6) is 0.271. The van der Waals surface area contributed by atoms with Crippen molar-refractivity contribution in [2.45, 2.75) is 51.0 Å². The first-order chi connectivity index (χ1) is 13.8. The highest BCUT2D eigenvalue weighted by molar-refractivity contribution is 7.89. The van der Waals surface area contributed by atoms with Crippen LogP contribution in [0.25, 0.3) is 0 Å². The molecule has 0 spiro atoms. The van der Waals surface area contributed by atoms with Gasteiger partial charge in [0.1, 0.15) is 0 Å². The van der Waals surface area contributed by atoms with E-state index in [9.17, 15) is 13.2 Å². The van der Waals surface area contributed by atoms with Crippen molar-refractivity contribution in [3.05, 3.63) is 65.2 Å². The molecule has 156 valence electrons. The zero-order chi connectivity index (χ0) is 21.0. The van der Waals surface area contributed by atoms with Gasteiger partial charge >= 0.3 is 0 Å². The monoisotopic (exact) mass is 414 g/mol. The standard InChI is InChI=1S/C23H30N2O3S/c1-4-19-8-10-20(11-9-19)18(3)24-23(26)21-6-5-7-22(16-21)29(27,28)25-14-12-17(2)13-15-25/h5-11,16-18H,4,12-15H2,1-3H3,(H,24,26)/t18-/m1/s1. The number of benzene rings is 2. The Bertz CT molecular complexity index is 946. The minimum atomic E-state index is -3.58. The van der Waals surface area contributed by atoms with Crippen molar-refractivity contribution in [1.82, 2.24) is 9.62 Å². The molecular weight excluding hydrogens is 384 g/mol. The van der Waals surface area contributed by atoms with Crippen LogP contribution in [0.1, 0.15) is 61.1 Å². The zero-order valence-corrected chi connectivity index (χ0v) is 18.2. The predicted octanol–water partition coefficient (Wildman–Crippen LogP) is 4.16. The largest absolute Gasteiger partial charge is 0.346 e. The summed E-state index contributed by atoms with van der Waals surface area (Å²) in [5, 5.41) is 2.97. The van der Waals surface area contributed by atoms with Crippen molar-refractivity contribution in [2.75, 3.05) is 13.1 Å². The van der Waals surface area contributed by atoms with E-state index < -0.39 is 10.0 Å². The van der Waals surface area contributed by atoms with Crippen molar-refractivity contribution in [1.29, 1.82) is 0 Å². The number of amides is 1. The van der Waals surface area contributed by atoms with Gasteiger partial charge in [-0.3, -0.25) is 4.79 Å². The highest BCUT2D eigenvalue weighted by Gasteiger charge is 2.28. The summed E-state index contributed by atoms with van der Waals surface area (Å²) in [4.78, 5) is 12.9. The third-order valence-electron chi connectivity index (χ3n) is 5.71. The summed E-state index contributed by atoms with van der Waals surface area (Å²) in [6.07, 6.45) is 2.71. The Morgan fingerprint density at radius 3 is 2.41 bits per heavy atom. The summed E-state index contributed by atoms with van der Waals surface area (Å²) >= 11 is 0. The van der Waals surface area contributed by atoms with Gasteiger partial charge < -0.3 is 5.32 Å². The lowest BCUT2D eigenvalue weighted by Crippen LogP contribution is -2.38. The van der Waals surface area contributed by atoms with Crippen LogP contribution >= 0.6 is 0 Å². The van der Waals surface area contributed by atoms with E-state index in [1.165, 1.54) is 15.9 Å². The van der Waals surface area contributed by atoms with Crippen LogP contribution in [0.2, 0.25) is 0 Å². The van der Waals surface area contributed by atoms with Crippen molar-refractivity contribution >= 4 is 15.9 Å². The van der Waals surface area contributed by atoms with Crippen LogP contribution < -0.4 is 5.32 Å². The number of aryl methyl sites for hydroxylation is 1. The number of rotatable bonds is 6. The van der Waals surface area contributed by atoms with Crippen LogP contribution in [0.4, 0.5) is 0 Å². The fourth-order valence-corrected chi connectivity index (χ4v) is 5.09. The third-order valence-corrected chi connectivity index (χ3v) is 7.61. The van der Waals surface area contributed by atoms with Crippen LogP contribution in [0.5, 0.6) is 0 Å². The maximum absolute atomic E-state index is 13.0. The van der Waals surface area contributed by atoms with Crippen LogP contribution in [-0.4, -0.2) is 31.7 Å². The van der Waals surface area contributed by atoms with Crippen molar-refractivity contribution in [3.63, 3.8) is 0 Å². The Kier molecular flexibility index (Phi) is 6.75. The molecule has 0 aromatic heterocycles. The minimum absolute atomic E-state index is 0.169. The molecule has 1 atom stereocenters. The first kappa shape index (κ1) is 21.5. The molecular formula is C23H30N2O3S. The summed E-state index contributed by atoms with van der Waals surface area (Å²) in [6, 6.07) is 14.3.